The number of halogens is 1. The molecule has 1 atom stereocenters. The smallest absolute Gasteiger partial charge is 0.157 e. The second-order valence-corrected chi connectivity index (χ2v) is 5.37. The van der Waals surface area contributed by atoms with Crippen LogP contribution in [0.3, 0.4) is 0 Å². The molecular weight excluding hydrogens is 290 g/mol. The number of anilines is 1. The first-order valence-corrected chi connectivity index (χ1v) is 6.79. The minimum atomic E-state index is 0.0658. The van der Waals surface area contributed by atoms with E-state index in [-0.39, 0.29) is 6.10 Å². The maximum absolute atomic E-state index is 6.09. The summed E-state index contributed by atoms with van der Waals surface area (Å²) < 4.78 is 7.08. The maximum atomic E-state index is 6.09. The average molecular weight is 304 g/mol. The van der Waals surface area contributed by atoms with E-state index in [2.05, 4.69) is 52.4 Å². The zero-order valence-electron chi connectivity index (χ0n) is 10.1. The number of nitrogens with one attached hydrogen (secondary N) is 1. The first-order valence-electron chi connectivity index (χ1n) is 5.99. The van der Waals surface area contributed by atoms with Gasteiger partial charge in [-0.25, -0.2) is 0 Å². The fourth-order valence-electron chi connectivity index (χ4n) is 2.21. The summed E-state index contributed by atoms with van der Waals surface area (Å²) in [6.45, 7) is 2.90. The number of hydrogen-bond acceptors (Lipinski definition) is 2. The molecule has 3 rings (SSSR count). The van der Waals surface area contributed by atoms with Crippen LogP contribution in [0.2, 0.25) is 0 Å². The van der Waals surface area contributed by atoms with Crippen molar-refractivity contribution in [2.75, 3.05) is 11.9 Å². The van der Waals surface area contributed by atoms with Crippen LogP contribution in [0.25, 0.3) is 0 Å². The molecule has 2 aromatic carbocycles. The number of rotatable bonds is 1. The molecule has 18 heavy (non-hydrogen) atoms. The Bertz CT molecular complexity index is 582. The Balaban J connectivity index is 1.93. The third kappa shape index (κ3) is 2.10. The van der Waals surface area contributed by atoms with Crippen molar-refractivity contribution in [3.8, 4) is 5.75 Å². The van der Waals surface area contributed by atoms with Gasteiger partial charge in [-0.05, 0) is 40.5 Å². The summed E-state index contributed by atoms with van der Waals surface area (Å²) in [5, 5.41) is 3.42. The van der Waals surface area contributed by atoms with Gasteiger partial charge in [-0.1, -0.05) is 35.9 Å². The predicted octanol–water partition coefficient (Wildman–Crippen LogP) is 4.30. The Labute approximate surface area is 115 Å². The molecule has 0 saturated heterocycles. The van der Waals surface area contributed by atoms with E-state index in [1.165, 1.54) is 11.1 Å². The summed E-state index contributed by atoms with van der Waals surface area (Å²) in [6, 6.07) is 14.5. The van der Waals surface area contributed by atoms with Gasteiger partial charge in [0.15, 0.2) is 5.75 Å². The van der Waals surface area contributed by atoms with E-state index in [1.807, 2.05) is 18.2 Å². The molecule has 2 nitrogen and oxygen atoms in total. The van der Waals surface area contributed by atoms with Crippen LogP contribution in [0.1, 0.15) is 17.2 Å². The fraction of sp³-hybridized carbons (Fsp3) is 0.200. The van der Waals surface area contributed by atoms with Crippen molar-refractivity contribution in [2.45, 2.75) is 13.0 Å². The molecule has 3 heteroatoms. The maximum Gasteiger partial charge on any atom is 0.157 e. The van der Waals surface area contributed by atoms with Gasteiger partial charge in [-0.3, -0.25) is 0 Å². The van der Waals surface area contributed by atoms with Crippen LogP contribution >= 0.6 is 15.9 Å². The van der Waals surface area contributed by atoms with Crippen molar-refractivity contribution < 1.29 is 4.74 Å². The van der Waals surface area contributed by atoms with Crippen LogP contribution in [0.4, 0.5) is 5.69 Å². The van der Waals surface area contributed by atoms with Gasteiger partial charge < -0.3 is 10.1 Å². The van der Waals surface area contributed by atoms with Crippen LogP contribution in [0.15, 0.2) is 46.9 Å². The SMILES string of the molecule is Cc1cccc(C2CNc3cccc(Br)c3O2)c1. The van der Waals surface area contributed by atoms with Gasteiger partial charge in [0, 0.05) is 0 Å². The average Bonchev–Trinajstić information content (AvgIpc) is 2.39. The van der Waals surface area contributed by atoms with Gasteiger partial charge in [0.25, 0.3) is 0 Å². The molecule has 0 radical (unpaired) electrons. The second kappa shape index (κ2) is 4.65. The van der Waals surface area contributed by atoms with Crippen molar-refractivity contribution in [1.29, 1.82) is 0 Å². The summed E-state index contributed by atoms with van der Waals surface area (Å²) in [5.41, 5.74) is 3.52. The zero-order chi connectivity index (χ0) is 12.5. The lowest BCUT2D eigenvalue weighted by atomic mass is 10.1. The van der Waals surface area contributed by atoms with Gasteiger partial charge in [0.05, 0.1) is 16.7 Å². The van der Waals surface area contributed by atoms with Gasteiger partial charge in [-0.2, -0.15) is 0 Å². The first-order chi connectivity index (χ1) is 8.74. The van der Waals surface area contributed by atoms with Gasteiger partial charge in [0.1, 0.15) is 6.10 Å². The Morgan fingerprint density at radius 2 is 2.06 bits per heavy atom. The molecule has 0 aromatic heterocycles. The predicted molar refractivity (Wildman–Crippen MR) is 77.2 cm³/mol. The number of ether oxygens (including phenoxy) is 1. The fourth-order valence-corrected chi connectivity index (χ4v) is 2.67. The lowest BCUT2D eigenvalue weighted by molar-refractivity contribution is 0.209. The van der Waals surface area contributed by atoms with E-state index < -0.39 is 0 Å². The third-order valence-electron chi connectivity index (χ3n) is 3.12. The molecule has 2 aromatic rings. The van der Waals surface area contributed by atoms with E-state index in [0.717, 1.165) is 22.5 Å². The Kier molecular flexibility index (Phi) is 3.00. The zero-order valence-corrected chi connectivity index (χ0v) is 11.7. The van der Waals surface area contributed by atoms with Crippen molar-refractivity contribution in [1.82, 2.24) is 0 Å². The molecule has 0 fully saturated rings. The molecule has 1 heterocycles. The lowest BCUT2D eigenvalue weighted by Crippen LogP contribution is -2.23. The topological polar surface area (TPSA) is 21.3 Å². The highest BCUT2D eigenvalue weighted by atomic mass is 79.9. The molecule has 0 saturated carbocycles. The Morgan fingerprint density at radius 1 is 1.22 bits per heavy atom. The third-order valence-corrected chi connectivity index (χ3v) is 3.74. The van der Waals surface area contributed by atoms with Crippen LogP contribution < -0.4 is 10.1 Å². The number of aryl methyl sites for hydroxylation is 1. The molecule has 0 aliphatic carbocycles. The normalized spacial score (nSPS) is 17.6. The standard InChI is InChI=1S/C15H14BrNO/c1-10-4-2-5-11(8-10)14-9-17-13-7-3-6-12(16)15(13)18-14/h2-8,14,17H,9H2,1H3. The lowest BCUT2D eigenvalue weighted by Gasteiger charge is -2.28. The highest BCUT2D eigenvalue weighted by molar-refractivity contribution is 9.10. The van der Waals surface area contributed by atoms with Gasteiger partial charge in [0.2, 0.25) is 0 Å². The van der Waals surface area contributed by atoms with Crippen LogP contribution in [-0.2, 0) is 0 Å². The monoisotopic (exact) mass is 303 g/mol. The van der Waals surface area contributed by atoms with Crippen molar-refractivity contribution in [2.24, 2.45) is 0 Å². The first kappa shape index (κ1) is 11.6. The molecule has 1 unspecified atom stereocenters. The Morgan fingerprint density at radius 3 is 2.89 bits per heavy atom. The second-order valence-electron chi connectivity index (χ2n) is 4.52. The van der Waals surface area contributed by atoms with Crippen molar-refractivity contribution in [3.63, 3.8) is 0 Å². The van der Waals surface area contributed by atoms with Gasteiger partial charge >= 0.3 is 0 Å². The summed E-state index contributed by atoms with van der Waals surface area (Å²) in [4.78, 5) is 0. The minimum Gasteiger partial charge on any atom is -0.481 e. The molecule has 0 bridgehead atoms. The number of benzene rings is 2. The molecule has 0 spiro atoms. The van der Waals surface area contributed by atoms with Gasteiger partial charge in [-0.15, -0.1) is 0 Å². The molecule has 1 aliphatic heterocycles. The quantitative estimate of drug-likeness (QED) is 0.848. The highest BCUT2D eigenvalue weighted by Gasteiger charge is 2.22. The Hall–Kier alpha value is -1.48. The molecule has 0 amide bonds. The molecular formula is C15H14BrNO. The molecule has 1 aliphatic rings. The number of fused-ring (bicyclic) bond motifs is 1. The summed E-state index contributed by atoms with van der Waals surface area (Å²) in [5.74, 6) is 0.898. The van der Waals surface area contributed by atoms with E-state index in [0.29, 0.717) is 0 Å². The highest BCUT2D eigenvalue weighted by Crippen LogP contribution is 2.39. The van der Waals surface area contributed by atoms with E-state index in [1.54, 1.807) is 0 Å². The largest absolute Gasteiger partial charge is 0.481 e. The van der Waals surface area contributed by atoms with E-state index in [9.17, 15) is 0 Å². The van der Waals surface area contributed by atoms with E-state index >= 15 is 0 Å². The van der Waals surface area contributed by atoms with Crippen LogP contribution in [-0.4, -0.2) is 6.54 Å². The minimum absolute atomic E-state index is 0.0658. The van der Waals surface area contributed by atoms with Crippen LogP contribution in [0, 0.1) is 6.92 Å². The van der Waals surface area contributed by atoms with E-state index in [4.69, 9.17) is 4.74 Å². The molecule has 1 N–H and O–H groups in total. The van der Waals surface area contributed by atoms with Crippen molar-refractivity contribution in [3.05, 3.63) is 58.1 Å². The van der Waals surface area contributed by atoms with Crippen LogP contribution in [0.5, 0.6) is 5.75 Å². The molecule has 92 valence electrons. The number of para-hydroxylation sites is 1. The summed E-state index contributed by atoms with van der Waals surface area (Å²) >= 11 is 3.53. The van der Waals surface area contributed by atoms with Crippen molar-refractivity contribution >= 4 is 21.6 Å². The summed E-state index contributed by atoms with van der Waals surface area (Å²) in [6.07, 6.45) is 0.0658. The number of hydrogen-bond donors (Lipinski definition) is 1. The summed E-state index contributed by atoms with van der Waals surface area (Å²) in [7, 11) is 0.